The van der Waals surface area contributed by atoms with E-state index in [2.05, 4.69) is 16.4 Å². The number of nitriles is 1. The summed E-state index contributed by atoms with van der Waals surface area (Å²) < 4.78 is 5.23. The molecule has 0 spiro atoms. The SMILES string of the molecule is Cc1cc(C#N)cc(NCC2(C(=O)O)CCOCC2)n1. The van der Waals surface area contributed by atoms with Crippen LogP contribution in [0.15, 0.2) is 12.1 Å². The Bertz CT molecular complexity index is 545. The molecular formula is C14H17N3O3. The Kier molecular flexibility index (Phi) is 4.20. The van der Waals surface area contributed by atoms with Crippen molar-refractivity contribution in [2.45, 2.75) is 19.8 Å². The summed E-state index contributed by atoms with van der Waals surface area (Å²) in [4.78, 5) is 15.8. The van der Waals surface area contributed by atoms with Crippen molar-refractivity contribution in [3.8, 4) is 6.07 Å². The van der Waals surface area contributed by atoms with E-state index >= 15 is 0 Å². The van der Waals surface area contributed by atoms with Crippen molar-refractivity contribution < 1.29 is 14.6 Å². The fourth-order valence-corrected chi connectivity index (χ4v) is 2.31. The summed E-state index contributed by atoms with van der Waals surface area (Å²) in [5, 5.41) is 21.4. The summed E-state index contributed by atoms with van der Waals surface area (Å²) in [6.07, 6.45) is 0.957. The number of hydrogen-bond acceptors (Lipinski definition) is 5. The summed E-state index contributed by atoms with van der Waals surface area (Å²) in [7, 11) is 0. The summed E-state index contributed by atoms with van der Waals surface area (Å²) in [6.45, 7) is 3.00. The third kappa shape index (κ3) is 3.06. The highest BCUT2D eigenvalue weighted by Crippen LogP contribution is 2.31. The average Bonchev–Trinajstić information content (AvgIpc) is 2.45. The summed E-state index contributed by atoms with van der Waals surface area (Å²) in [5.41, 5.74) is 0.412. The lowest BCUT2D eigenvalue weighted by molar-refractivity contribution is -0.153. The maximum Gasteiger partial charge on any atom is 0.311 e. The standard InChI is InChI=1S/C14H17N3O3/c1-10-6-11(8-15)7-12(17-10)16-9-14(13(18)19)2-4-20-5-3-14/h6-7H,2-5,9H2,1H3,(H,16,17)(H,18,19). The molecule has 0 bridgehead atoms. The first-order valence-electron chi connectivity index (χ1n) is 6.49. The van der Waals surface area contributed by atoms with Gasteiger partial charge in [-0.2, -0.15) is 5.26 Å². The van der Waals surface area contributed by atoms with E-state index in [9.17, 15) is 9.90 Å². The molecule has 0 aliphatic carbocycles. The van der Waals surface area contributed by atoms with Gasteiger partial charge in [0.15, 0.2) is 0 Å². The van der Waals surface area contributed by atoms with Crippen molar-refractivity contribution in [2.24, 2.45) is 5.41 Å². The van der Waals surface area contributed by atoms with Crippen LogP contribution >= 0.6 is 0 Å². The first-order valence-corrected chi connectivity index (χ1v) is 6.49. The third-order valence-corrected chi connectivity index (χ3v) is 3.59. The number of ether oxygens (including phenoxy) is 1. The molecule has 0 radical (unpaired) electrons. The Morgan fingerprint density at radius 2 is 2.25 bits per heavy atom. The van der Waals surface area contributed by atoms with Crippen molar-refractivity contribution in [2.75, 3.05) is 25.1 Å². The fourth-order valence-electron chi connectivity index (χ4n) is 2.31. The molecule has 2 rings (SSSR count). The molecule has 1 aliphatic heterocycles. The zero-order valence-corrected chi connectivity index (χ0v) is 11.3. The second-order valence-corrected chi connectivity index (χ2v) is 5.05. The van der Waals surface area contributed by atoms with Gasteiger partial charge in [-0.25, -0.2) is 4.98 Å². The van der Waals surface area contributed by atoms with E-state index in [1.165, 1.54) is 0 Å². The van der Waals surface area contributed by atoms with Crippen LogP contribution in [-0.4, -0.2) is 35.8 Å². The van der Waals surface area contributed by atoms with Gasteiger partial charge in [0.05, 0.1) is 17.0 Å². The second kappa shape index (κ2) is 5.88. The van der Waals surface area contributed by atoms with Crippen molar-refractivity contribution in [1.82, 2.24) is 4.98 Å². The van der Waals surface area contributed by atoms with Crippen LogP contribution in [0.4, 0.5) is 5.82 Å². The topological polar surface area (TPSA) is 95.2 Å². The van der Waals surface area contributed by atoms with Crippen LogP contribution in [0, 0.1) is 23.7 Å². The monoisotopic (exact) mass is 275 g/mol. The van der Waals surface area contributed by atoms with E-state index in [-0.39, 0.29) is 6.54 Å². The second-order valence-electron chi connectivity index (χ2n) is 5.05. The molecule has 1 aliphatic rings. The van der Waals surface area contributed by atoms with Gasteiger partial charge >= 0.3 is 5.97 Å². The van der Waals surface area contributed by atoms with E-state index in [0.29, 0.717) is 37.4 Å². The third-order valence-electron chi connectivity index (χ3n) is 3.59. The van der Waals surface area contributed by atoms with Gasteiger partial charge in [0.1, 0.15) is 5.82 Å². The van der Waals surface area contributed by atoms with Crippen molar-refractivity contribution >= 4 is 11.8 Å². The number of pyridine rings is 1. The summed E-state index contributed by atoms with van der Waals surface area (Å²) in [5.74, 6) is -0.282. The molecule has 6 heteroatoms. The van der Waals surface area contributed by atoms with Crippen LogP contribution in [-0.2, 0) is 9.53 Å². The molecule has 1 aromatic rings. The Hall–Kier alpha value is -2.13. The molecule has 0 unspecified atom stereocenters. The van der Waals surface area contributed by atoms with Gasteiger partial charge in [0.2, 0.25) is 0 Å². The van der Waals surface area contributed by atoms with Crippen molar-refractivity contribution in [3.05, 3.63) is 23.4 Å². The van der Waals surface area contributed by atoms with Gasteiger partial charge in [-0.15, -0.1) is 0 Å². The van der Waals surface area contributed by atoms with E-state index in [1.807, 2.05) is 0 Å². The number of aryl methyl sites for hydroxylation is 1. The van der Waals surface area contributed by atoms with Crippen LogP contribution in [0.2, 0.25) is 0 Å². The Balaban J connectivity index is 2.12. The smallest absolute Gasteiger partial charge is 0.311 e. The molecule has 0 aromatic carbocycles. The van der Waals surface area contributed by atoms with Crippen LogP contribution in [0.25, 0.3) is 0 Å². The Morgan fingerprint density at radius 1 is 1.55 bits per heavy atom. The zero-order valence-electron chi connectivity index (χ0n) is 11.3. The van der Waals surface area contributed by atoms with E-state index in [4.69, 9.17) is 10.00 Å². The van der Waals surface area contributed by atoms with Crippen LogP contribution in [0.3, 0.4) is 0 Å². The number of carboxylic acids is 1. The number of nitrogens with one attached hydrogen (secondary N) is 1. The molecule has 1 aromatic heterocycles. The predicted molar refractivity (Wildman–Crippen MR) is 72.3 cm³/mol. The van der Waals surface area contributed by atoms with Crippen molar-refractivity contribution in [3.63, 3.8) is 0 Å². The van der Waals surface area contributed by atoms with Gasteiger partial charge in [0, 0.05) is 25.5 Å². The highest BCUT2D eigenvalue weighted by Gasteiger charge is 2.40. The normalized spacial score (nSPS) is 17.2. The Morgan fingerprint density at radius 3 is 2.85 bits per heavy atom. The number of aromatic nitrogens is 1. The highest BCUT2D eigenvalue weighted by atomic mass is 16.5. The lowest BCUT2D eigenvalue weighted by Gasteiger charge is -2.33. The number of hydrogen-bond donors (Lipinski definition) is 2. The minimum Gasteiger partial charge on any atom is -0.481 e. The minimum atomic E-state index is -0.823. The van der Waals surface area contributed by atoms with E-state index in [0.717, 1.165) is 5.69 Å². The quantitative estimate of drug-likeness (QED) is 0.865. The molecule has 2 N–H and O–H groups in total. The summed E-state index contributed by atoms with van der Waals surface area (Å²) >= 11 is 0. The van der Waals surface area contributed by atoms with Crippen LogP contribution in [0.1, 0.15) is 24.1 Å². The molecule has 0 saturated carbocycles. The van der Waals surface area contributed by atoms with Gasteiger partial charge in [-0.3, -0.25) is 4.79 Å². The van der Waals surface area contributed by atoms with Gasteiger partial charge in [-0.1, -0.05) is 0 Å². The largest absolute Gasteiger partial charge is 0.481 e. The lowest BCUT2D eigenvalue weighted by atomic mass is 9.80. The number of carbonyl (C=O) groups is 1. The molecule has 1 saturated heterocycles. The minimum absolute atomic E-state index is 0.285. The van der Waals surface area contributed by atoms with Crippen LogP contribution < -0.4 is 5.32 Å². The molecule has 0 amide bonds. The highest BCUT2D eigenvalue weighted by molar-refractivity contribution is 5.75. The number of aliphatic carboxylic acids is 1. The first-order chi connectivity index (χ1) is 9.55. The maximum atomic E-state index is 11.5. The zero-order chi connectivity index (χ0) is 14.6. The van der Waals surface area contributed by atoms with E-state index < -0.39 is 11.4 Å². The van der Waals surface area contributed by atoms with E-state index in [1.54, 1.807) is 19.1 Å². The number of rotatable bonds is 4. The molecule has 106 valence electrons. The molecule has 6 nitrogen and oxygen atoms in total. The van der Waals surface area contributed by atoms with Crippen LogP contribution in [0.5, 0.6) is 0 Å². The molecule has 1 fully saturated rings. The summed E-state index contributed by atoms with van der Waals surface area (Å²) in [6, 6.07) is 5.38. The lowest BCUT2D eigenvalue weighted by Crippen LogP contribution is -2.42. The molecular weight excluding hydrogens is 258 g/mol. The number of anilines is 1. The van der Waals surface area contributed by atoms with Gasteiger partial charge in [-0.05, 0) is 31.9 Å². The number of carboxylic acid groups (broad SMARTS) is 1. The predicted octanol–water partition coefficient (Wildman–Crippen LogP) is 1.55. The van der Waals surface area contributed by atoms with Crippen molar-refractivity contribution in [1.29, 1.82) is 5.26 Å². The molecule has 20 heavy (non-hydrogen) atoms. The average molecular weight is 275 g/mol. The number of nitrogens with zero attached hydrogens (tertiary/aromatic N) is 2. The first kappa shape index (κ1) is 14.3. The Labute approximate surface area is 117 Å². The van der Waals surface area contributed by atoms with Gasteiger partial charge in [0.25, 0.3) is 0 Å². The fraction of sp³-hybridized carbons (Fsp3) is 0.500. The maximum absolute atomic E-state index is 11.5. The van der Waals surface area contributed by atoms with Gasteiger partial charge < -0.3 is 15.2 Å². The molecule has 2 heterocycles. The molecule has 0 atom stereocenters.